The molecule has 0 aromatic heterocycles. The quantitative estimate of drug-likeness (QED) is 0.120. The van der Waals surface area contributed by atoms with Gasteiger partial charge in [-0.05, 0) is 24.5 Å². The lowest BCUT2D eigenvalue weighted by molar-refractivity contribution is -0.228. The largest absolute Gasteiger partial charge is 0.458 e. The molecule has 0 amide bonds. The van der Waals surface area contributed by atoms with Crippen molar-refractivity contribution in [3.05, 3.63) is 23.3 Å². The minimum Gasteiger partial charge on any atom is -0.458 e. The molecule has 8 heteroatoms. The molecule has 0 aromatic carbocycles. The van der Waals surface area contributed by atoms with Crippen molar-refractivity contribution in [3.8, 4) is 0 Å². The maximum atomic E-state index is 13.3. The maximum absolute atomic E-state index is 13.3. The molecule has 2 unspecified atom stereocenters. The highest BCUT2D eigenvalue weighted by molar-refractivity contribution is 6.04. The highest BCUT2D eigenvalue weighted by Gasteiger charge is 2.87. The standard InChI is InChI=1S/C36H56O8/c1-7-8-9-10-11-12-13-14-15-16-17-18-29(39)43-32-24(3)35(42)27(30-33(5,6)36(30,32)44-25(4)38)20-26(22-37)21-34(41)28(35)19-23(2)31(34)40/h19-20,24,27-28,30,32,37,41-42H,7-18,21-22H2,1-6H3/t24?,27-,28?,30+,32+,34+,35+,36+/m0/s1. The first-order chi connectivity index (χ1) is 20.7. The van der Waals surface area contributed by atoms with Gasteiger partial charge in [0.1, 0.15) is 11.7 Å². The van der Waals surface area contributed by atoms with Crippen LogP contribution in [0.4, 0.5) is 0 Å². The minimum atomic E-state index is -1.93. The number of ether oxygens (including phenoxy) is 2. The van der Waals surface area contributed by atoms with Crippen LogP contribution in [0.2, 0.25) is 0 Å². The van der Waals surface area contributed by atoms with Gasteiger partial charge in [-0.2, -0.15) is 0 Å². The molecule has 4 aliphatic rings. The van der Waals surface area contributed by atoms with Crippen LogP contribution in [0.3, 0.4) is 0 Å². The third-order valence-corrected chi connectivity index (χ3v) is 11.5. The van der Waals surface area contributed by atoms with Crippen LogP contribution in [0.15, 0.2) is 23.3 Å². The number of carbonyl (C=O) groups is 3. The zero-order valence-electron chi connectivity index (χ0n) is 27.8. The van der Waals surface area contributed by atoms with E-state index in [9.17, 15) is 29.7 Å². The Balaban J connectivity index is 1.51. The van der Waals surface area contributed by atoms with Gasteiger partial charge >= 0.3 is 11.9 Å². The van der Waals surface area contributed by atoms with Crippen molar-refractivity contribution in [1.82, 2.24) is 0 Å². The second kappa shape index (κ2) is 13.4. The summed E-state index contributed by atoms with van der Waals surface area (Å²) in [4.78, 5) is 39.1. The molecule has 248 valence electrons. The molecule has 8 atom stereocenters. The van der Waals surface area contributed by atoms with Crippen LogP contribution in [-0.4, -0.2) is 62.6 Å². The molecule has 44 heavy (non-hydrogen) atoms. The van der Waals surface area contributed by atoms with Crippen LogP contribution >= 0.6 is 0 Å². The van der Waals surface area contributed by atoms with Gasteiger partial charge in [-0.25, -0.2) is 0 Å². The summed E-state index contributed by atoms with van der Waals surface area (Å²) in [6.45, 7) is 10.4. The minimum absolute atomic E-state index is 0.108. The Hall–Kier alpha value is -2.03. The average molecular weight is 617 g/mol. The maximum Gasteiger partial charge on any atom is 0.306 e. The van der Waals surface area contributed by atoms with Crippen molar-refractivity contribution in [2.45, 2.75) is 148 Å². The van der Waals surface area contributed by atoms with E-state index in [0.717, 1.165) is 19.3 Å². The number of fused-ring (bicyclic) bond motifs is 5. The van der Waals surface area contributed by atoms with Gasteiger partial charge in [-0.15, -0.1) is 0 Å². The first-order valence-corrected chi connectivity index (χ1v) is 17.1. The molecule has 0 spiro atoms. The molecule has 8 nitrogen and oxygen atoms in total. The van der Waals surface area contributed by atoms with Crippen LogP contribution in [0.25, 0.3) is 0 Å². The molecule has 0 saturated heterocycles. The fourth-order valence-electron chi connectivity index (χ4n) is 9.20. The van der Waals surface area contributed by atoms with Gasteiger partial charge < -0.3 is 24.8 Å². The van der Waals surface area contributed by atoms with Gasteiger partial charge in [0, 0.05) is 48.9 Å². The lowest BCUT2D eigenvalue weighted by Crippen LogP contribution is -2.66. The second-order valence-electron chi connectivity index (χ2n) is 14.7. The normalized spacial score (nSPS) is 36.8. The van der Waals surface area contributed by atoms with Crippen LogP contribution < -0.4 is 0 Å². The van der Waals surface area contributed by atoms with Crippen LogP contribution in [0.1, 0.15) is 125 Å². The second-order valence-corrected chi connectivity index (χ2v) is 14.7. The molecule has 2 fully saturated rings. The van der Waals surface area contributed by atoms with Gasteiger partial charge in [0.15, 0.2) is 11.4 Å². The fourth-order valence-corrected chi connectivity index (χ4v) is 9.20. The predicted octanol–water partition coefficient (Wildman–Crippen LogP) is 5.75. The van der Waals surface area contributed by atoms with Crippen molar-refractivity contribution in [2.24, 2.45) is 29.1 Å². The van der Waals surface area contributed by atoms with Gasteiger partial charge in [0.2, 0.25) is 0 Å². The predicted molar refractivity (Wildman–Crippen MR) is 167 cm³/mol. The molecule has 4 aliphatic carbocycles. The van der Waals surface area contributed by atoms with Crippen LogP contribution in [0.5, 0.6) is 0 Å². The van der Waals surface area contributed by atoms with Crippen LogP contribution in [0, 0.1) is 29.1 Å². The Morgan fingerprint density at radius 2 is 1.52 bits per heavy atom. The van der Waals surface area contributed by atoms with Gasteiger partial charge in [0.05, 0.1) is 12.2 Å². The molecular weight excluding hydrogens is 560 g/mol. The van der Waals surface area contributed by atoms with E-state index in [4.69, 9.17) is 9.47 Å². The summed E-state index contributed by atoms with van der Waals surface area (Å²) in [5, 5.41) is 34.8. The summed E-state index contributed by atoms with van der Waals surface area (Å²) < 4.78 is 12.3. The third kappa shape index (κ3) is 5.84. The number of carbonyl (C=O) groups excluding carboxylic acids is 3. The lowest BCUT2D eigenvalue weighted by Gasteiger charge is -2.53. The van der Waals surface area contributed by atoms with Crippen molar-refractivity contribution < 1.29 is 39.2 Å². The van der Waals surface area contributed by atoms with E-state index in [1.807, 2.05) is 13.8 Å². The Morgan fingerprint density at radius 1 is 0.955 bits per heavy atom. The molecule has 0 bridgehead atoms. The topological polar surface area (TPSA) is 130 Å². The van der Waals surface area contributed by atoms with E-state index in [1.165, 1.54) is 51.9 Å². The molecule has 0 radical (unpaired) electrons. The van der Waals surface area contributed by atoms with Gasteiger partial charge in [-0.3, -0.25) is 14.4 Å². The fraction of sp³-hybridized carbons (Fsp3) is 0.806. The summed E-state index contributed by atoms with van der Waals surface area (Å²) in [6, 6.07) is 0. The smallest absolute Gasteiger partial charge is 0.306 e. The zero-order valence-corrected chi connectivity index (χ0v) is 27.8. The highest BCUT2D eigenvalue weighted by atomic mass is 16.6. The van der Waals surface area contributed by atoms with E-state index in [2.05, 4.69) is 6.92 Å². The Kier molecular flexibility index (Phi) is 10.6. The SMILES string of the molecule is CCCCCCCCCCCCCC(=O)O[C@@H]1C(C)[C@]2(O)C3C=C(C)C(=O)[C@@]3(O)CC(CO)=C[C@H]2[C@@H]2C(C)(C)[C@]12OC(C)=O. The number of aliphatic hydroxyl groups excluding tert-OH is 1. The van der Waals surface area contributed by atoms with Crippen molar-refractivity contribution in [2.75, 3.05) is 6.61 Å². The van der Waals surface area contributed by atoms with Gasteiger partial charge in [-0.1, -0.05) is 104 Å². The summed E-state index contributed by atoms with van der Waals surface area (Å²) in [7, 11) is 0. The van der Waals surface area contributed by atoms with E-state index in [0.29, 0.717) is 17.6 Å². The van der Waals surface area contributed by atoms with Crippen molar-refractivity contribution in [1.29, 1.82) is 0 Å². The Morgan fingerprint density at radius 3 is 2.07 bits per heavy atom. The zero-order chi connectivity index (χ0) is 32.5. The molecule has 4 rings (SSSR count). The first kappa shape index (κ1) is 34.8. The Labute approximate surface area is 263 Å². The number of hydrogen-bond acceptors (Lipinski definition) is 8. The summed E-state index contributed by atoms with van der Waals surface area (Å²) in [5.41, 5.74) is -4.71. The molecular formula is C36H56O8. The lowest BCUT2D eigenvalue weighted by atomic mass is 9.59. The molecule has 0 heterocycles. The van der Waals surface area contributed by atoms with E-state index < -0.39 is 69.7 Å². The number of unbranched alkanes of at least 4 members (excludes halogenated alkanes) is 10. The highest BCUT2D eigenvalue weighted by Crippen LogP contribution is 2.77. The summed E-state index contributed by atoms with van der Waals surface area (Å²) in [5.74, 6) is -4.29. The van der Waals surface area contributed by atoms with Crippen molar-refractivity contribution >= 4 is 17.7 Å². The average Bonchev–Trinajstić information content (AvgIpc) is 3.38. The summed E-state index contributed by atoms with van der Waals surface area (Å²) in [6.07, 6.45) is 15.4. The first-order valence-electron chi connectivity index (χ1n) is 17.1. The summed E-state index contributed by atoms with van der Waals surface area (Å²) >= 11 is 0. The molecule has 0 aliphatic heterocycles. The molecule has 2 saturated carbocycles. The molecule has 0 aromatic rings. The van der Waals surface area contributed by atoms with E-state index in [1.54, 1.807) is 26.0 Å². The number of rotatable bonds is 15. The number of hydrogen-bond donors (Lipinski definition) is 3. The number of esters is 2. The number of aliphatic hydroxyl groups is 3. The van der Waals surface area contributed by atoms with E-state index in [-0.39, 0.29) is 19.4 Å². The monoisotopic (exact) mass is 616 g/mol. The molecule has 3 N–H and O–H groups in total. The number of Topliss-reactive ketones (excluding diaryl/α,β-unsaturated/α-hetero) is 1. The van der Waals surface area contributed by atoms with Crippen molar-refractivity contribution in [3.63, 3.8) is 0 Å². The van der Waals surface area contributed by atoms with E-state index >= 15 is 0 Å². The third-order valence-electron chi connectivity index (χ3n) is 11.5. The van der Waals surface area contributed by atoms with Crippen LogP contribution in [-0.2, 0) is 23.9 Å². The van der Waals surface area contributed by atoms with Gasteiger partial charge in [0.25, 0.3) is 0 Å². The Bertz CT molecular complexity index is 1150. The number of ketones is 1.